The van der Waals surface area contributed by atoms with Crippen molar-refractivity contribution >= 4 is 23.9 Å². The van der Waals surface area contributed by atoms with Crippen LogP contribution in [0.1, 0.15) is 17.5 Å². The molecule has 1 fully saturated rings. The first-order valence-corrected chi connectivity index (χ1v) is 7.80. The average molecular weight is 318 g/mol. The Balaban J connectivity index is 2.03. The molecule has 1 aromatic rings. The SMILES string of the molecule is C=C/C=C\C(=C)C1CC1C(=O)Nc1ccc(C=NC=C)c(C=C)c1. The van der Waals surface area contributed by atoms with E-state index in [2.05, 4.69) is 36.6 Å². The van der Waals surface area contributed by atoms with Gasteiger partial charge in [0, 0.05) is 29.6 Å². The van der Waals surface area contributed by atoms with Crippen LogP contribution >= 0.6 is 0 Å². The standard InChI is InChI=1S/C21H22N2O/c1-5-8-9-15(4)19-13-20(19)21(24)23-18-11-10-17(14-22-7-3)16(6-2)12-18/h5-12,14,19-20H,1-4,13H2,(H,23,24)/b9-8-,22-14?. The molecule has 122 valence electrons. The quantitative estimate of drug-likeness (QED) is 0.544. The maximum Gasteiger partial charge on any atom is 0.228 e. The number of nitrogens with one attached hydrogen (secondary N) is 1. The zero-order valence-electron chi connectivity index (χ0n) is 13.7. The number of benzene rings is 1. The molecule has 2 rings (SSSR count). The molecule has 2 unspecified atom stereocenters. The van der Waals surface area contributed by atoms with Crippen molar-refractivity contribution in [1.82, 2.24) is 0 Å². The van der Waals surface area contributed by atoms with E-state index in [0.29, 0.717) is 0 Å². The number of allylic oxidation sites excluding steroid dienone is 4. The van der Waals surface area contributed by atoms with Crippen molar-refractivity contribution in [2.24, 2.45) is 16.8 Å². The van der Waals surface area contributed by atoms with Gasteiger partial charge in [-0.3, -0.25) is 9.79 Å². The number of rotatable bonds is 8. The third kappa shape index (κ3) is 4.29. The molecule has 2 atom stereocenters. The molecule has 0 saturated heterocycles. The summed E-state index contributed by atoms with van der Waals surface area (Å²) in [5.41, 5.74) is 3.56. The van der Waals surface area contributed by atoms with E-state index in [1.165, 1.54) is 6.20 Å². The number of hydrogen-bond acceptors (Lipinski definition) is 2. The molecule has 1 aliphatic rings. The summed E-state index contributed by atoms with van der Waals surface area (Å²) in [6.45, 7) is 15.0. The molecular formula is C21H22N2O. The number of nitrogens with zero attached hydrogens (tertiary/aromatic N) is 1. The number of carbonyl (C=O) groups is 1. The molecule has 0 heterocycles. The lowest BCUT2D eigenvalue weighted by Crippen LogP contribution is -2.15. The summed E-state index contributed by atoms with van der Waals surface area (Å²) >= 11 is 0. The van der Waals surface area contributed by atoms with Gasteiger partial charge in [0.2, 0.25) is 5.91 Å². The first kappa shape index (κ1) is 17.4. The van der Waals surface area contributed by atoms with Gasteiger partial charge in [0.05, 0.1) is 0 Å². The van der Waals surface area contributed by atoms with Gasteiger partial charge in [-0.15, -0.1) is 0 Å². The second-order valence-corrected chi connectivity index (χ2v) is 5.62. The van der Waals surface area contributed by atoms with Gasteiger partial charge in [-0.25, -0.2) is 0 Å². The average Bonchev–Trinajstić information content (AvgIpc) is 3.39. The van der Waals surface area contributed by atoms with Crippen LogP contribution in [0.4, 0.5) is 5.69 Å². The zero-order chi connectivity index (χ0) is 17.5. The van der Waals surface area contributed by atoms with Gasteiger partial charge in [0.25, 0.3) is 0 Å². The highest BCUT2D eigenvalue weighted by molar-refractivity contribution is 5.96. The van der Waals surface area contributed by atoms with Crippen molar-refractivity contribution < 1.29 is 4.79 Å². The summed E-state index contributed by atoms with van der Waals surface area (Å²) in [7, 11) is 0. The zero-order valence-corrected chi connectivity index (χ0v) is 13.7. The maximum absolute atomic E-state index is 12.4. The highest BCUT2D eigenvalue weighted by atomic mass is 16.2. The van der Waals surface area contributed by atoms with Gasteiger partial charge in [0.1, 0.15) is 0 Å². The van der Waals surface area contributed by atoms with Gasteiger partial charge in [-0.1, -0.05) is 62.3 Å². The summed E-state index contributed by atoms with van der Waals surface area (Å²) in [5.74, 6) is 0.232. The summed E-state index contributed by atoms with van der Waals surface area (Å²) in [5, 5.41) is 2.97. The molecule has 24 heavy (non-hydrogen) atoms. The van der Waals surface area contributed by atoms with Gasteiger partial charge in [-0.2, -0.15) is 0 Å². The number of carbonyl (C=O) groups excluding carboxylic acids is 1. The van der Waals surface area contributed by atoms with Crippen LogP contribution in [0.3, 0.4) is 0 Å². The lowest BCUT2D eigenvalue weighted by molar-refractivity contribution is -0.117. The Morgan fingerprint density at radius 2 is 2.00 bits per heavy atom. The fourth-order valence-corrected chi connectivity index (χ4v) is 2.52. The van der Waals surface area contributed by atoms with Crippen LogP contribution in [-0.4, -0.2) is 12.1 Å². The van der Waals surface area contributed by atoms with Crippen molar-refractivity contribution in [2.75, 3.05) is 5.32 Å². The molecule has 0 bridgehead atoms. The molecule has 1 saturated carbocycles. The largest absolute Gasteiger partial charge is 0.326 e. The molecule has 0 radical (unpaired) electrons. The first-order valence-electron chi connectivity index (χ1n) is 7.80. The maximum atomic E-state index is 12.4. The predicted octanol–water partition coefficient (Wildman–Crippen LogP) is 4.77. The number of aliphatic imine (C=N–C) groups is 1. The Kier molecular flexibility index (Phi) is 5.85. The smallest absolute Gasteiger partial charge is 0.228 e. The molecule has 1 amide bonds. The van der Waals surface area contributed by atoms with Crippen LogP contribution in [0, 0.1) is 11.8 Å². The lowest BCUT2D eigenvalue weighted by Gasteiger charge is -2.08. The Morgan fingerprint density at radius 1 is 1.21 bits per heavy atom. The van der Waals surface area contributed by atoms with Crippen LogP contribution in [0.25, 0.3) is 6.08 Å². The molecular weight excluding hydrogens is 296 g/mol. The summed E-state index contributed by atoms with van der Waals surface area (Å²) < 4.78 is 0. The summed E-state index contributed by atoms with van der Waals surface area (Å²) in [4.78, 5) is 16.4. The fourth-order valence-electron chi connectivity index (χ4n) is 2.52. The van der Waals surface area contributed by atoms with Crippen LogP contribution in [0.5, 0.6) is 0 Å². The van der Waals surface area contributed by atoms with Gasteiger partial charge >= 0.3 is 0 Å². The Hall–Kier alpha value is -2.94. The predicted molar refractivity (Wildman–Crippen MR) is 103 cm³/mol. The minimum atomic E-state index is -0.0128. The molecule has 0 aromatic heterocycles. The molecule has 3 nitrogen and oxygen atoms in total. The van der Waals surface area contributed by atoms with Crippen LogP contribution in [0.2, 0.25) is 0 Å². The van der Waals surface area contributed by atoms with Crippen molar-refractivity contribution in [3.8, 4) is 0 Å². The molecule has 1 N–H and O–H groups in total. The van der Waals surface area contributed by atoms with Crippen LogP contribution in [-0.2, 0) is 4.79 Å². The van der Waals surface area contributed by atoms with Crippen molar-refractivity contribution in [1.29, 1.82) is 0 Å². The van der Waals surface area contributed by atoms with Crippen LogP contribution < -0.4 is 5.32 Å². The number of amides is 1. The normalized spacial score (nSPS) is 19.2. The van der Waals surface area contributed by atoms with E-state index in [1.807, 2.05) is 30.4 Å². The highest BCUT2D eigenvalue weighted by Crippen LogP contribution is 2.44. The van der Waals surface area contributed by atoms with E-state index in [-0.39, 0.29) is 17.7 Å². The van der Waals surface area contributed by atoms with E-state index in [4.69, 9.17) is 0 Å². The summed E-state index contributed by atoms with van der Waals surface area (Å²) in [6, 6.07) is 5.65. The lowest BCUT2D eigenvalue weighted by atomic mass is 10.1. The second-order valence-electron chi connectivity index (χ2n) is 5.62. The second kappa shape index (κ2) is 8.06. The Labute approximate surface area is 143 Å². The first-order chi connectivity index (χ1) is 11.6. The van der Waals surface area contributed by atoms with Crippen molar-refractivity contribution in [3.63, 3.8) is 0 Å². The van der Waals surface area contributed by atoms with E-state index in [9.17, 15) is 4.79 Å². The Bertz CT molecular complexity index is 740. The number of anilines is 1. The highest BCUT2D eigenvalue weighted by Gasteiger charge is 2.43. The van der Waals surface area contributed by atoms with E-state index < -0.39 is 0 Å². The van der Waals surface area contributed by atoms with Gasteiger partial charge in [0.15, 0.2) is 0 Å². The molecule has 0 spiro atoms. The third-order valence-corrected chi connectivity index (χ3v) is 3.94. The molecule has 0 aliphatic heterocycles. The van der Waals surface area contributed by atoms with E-state index in [0.717, 1.165) is 28.8 Å². The molecule has 3 heteroatoms. The Morgan fingerprint density at radius 3 is 2.67 bits per heavy atom. The third-order valence-electron chi connectivity index (χ3n) is 3.94. The fraction of sp³-hybridized carbons (Fsp3) is 0.143. The topological polar surface area (TPSA) is 41.5 Å². The minimum Gasteiger partial charge on any atom is -0.326 e. The minimum absolute atomic E-state index is 0.0128. The van der Waals surface area contributed by atoms with E-state index in [1.54, 1.807) is 18.4 Å². The summed E-state index contributed by atoms with van der Waals surface area (Å²) in [6.07, 6.45) is 11.2. The van der Waals surface area contributed by atoms with Crippen LogP contribution in [0.15, 0.2) is 79.5 Å². The van der Waals surface area contributed by atoms with Gasteiger partial charge in [-0.05, 0) is 30.0 Å². The van der Waals surface area contributed by atoms with Crippen molar-refractivity contribution in [3.05, 3.63) is 85.6 Å². The number of hydrogen-bond donors (Lipinski definition) is 1. The van der Waals surface area contributed by atoms with E-state index >= 15 is 0 Å². The molecule has 1 aromatic carbocycles. The monoisotopic (exact) mass is 318 g/mol. The molecule has 1 aliphatic carbocycles. The van der Waals surface area contributed by atoms with Gasteiger partial charge < -0.3 is 5.32 Å². The van der Waals surface area contributed by atoms with Crippen molar-refractivity contribution in [2.45, 2.75) is 6.42 Å².